The molecule has 0 aromatic heterocycles. The first kappa shape index (κ1) is 6.95. The standard InChI is InChI=1S/C5H13N3O/c1-8-4(6)2-9-3-5(8)7/h4-5H,2-3,6-7H2,1H3. The number of rotatable bonds is 0. The lowest BCUT2D eigenvalue weighted by Gasteiger charge is -2.34. The summed E-state index contributed by atoms with van der Waals surface area (Å²) in [6.45, 7) is 1.18. The van der Waals surface area contributed by atoms with Gasteiger partial charge in [-0.2, -0.15) is 0 Å². The van der Waals surface area contributed by atoms with E-state index < -0.39 is 0 Å². The first-order valence-electron chi connectivity index (χ1n) is 3.02. The van der Waals surface area contributed by atoms with Gasteiger partial charge in [0, 0.05) is 0 Å². The van der Waals surface area contributed by atoms with Crippen LogP contribution in [0, 0.1) is 0 Å². The second-order valence-corrected chi connectivity index (χ2v) is 2.34. The first-order chi connectivity index (χ1) is 4.22. The van der Waals surface area contributed by atoms with Gasteiger partial charge < -0.3 is 16.2 Å². The Morgan fingerprint density at radius 2 is 1.78 bits per heavy atom. The summed E-state index contributed by atoms with van der Waals surface area (Å²) in [6, 6.07) is 0. The van der Waals surface area contributed by atoms with Gasteiger partial charge >= 0.3 is 0 Å². The molecule has 1 rings (SSSR count). The fraction of sp³-hybridized carbons (Fsp3) is 1.00. The summed E-state index contributed by atoms with van der Waals surface area (Å²) in [7, 11) is 1.90. The van der Waals surface area contributed by atoms with Gasteiger partial charge in [0.15, 0.2) is 0 Å². The van der Waals surface area contributed by atoms with Crippen molar-refractivity contribution < 1.29 is 4.74 Å². The van der Waals surface area contributed by atoms with Gasteiger partial charge in [-0.25, -0.2) is 0 Å². The van der Waals surface area contributed by atoms with E-state index in [1.54, 1.807) is 0 Å². The Morgan fingerprint density at radius 3 is 2.11 bits per heavy atom. The van der Waals surface area contributed by atoms with Crippen LogP contribution in [0.25, 0.3) is 0 Å². The molecule has 0 amide bonds. The van der Waals surface area contributed by atoms with Gasteiger partial charge in [0.25, 0.3) is 0 Å². The lowest BCUT2D eigenvalue weighted by molar-refractivity contribution is -0.0312. The number of nitrogens with two attached hydrogens (primary N) is 2. The molecule has 1 fully saturated rings. The molecule has 0 aromatic carbocycles. The molecule has 4 N–H and O–H groups in total. The Labute approximate surface area is 54.7 Å². The second kappa shape index (κ2) is 2.62. The van der Waals surface area contributed by atoms with Crippen molar-refractivity contribution in [3.8, 4) is 0 Å². The van der Waals surface area contributed by atoms with Crippen molar-refractivity contribution in [2.75, 3.05) is 20.3 Å². The van der Waals surface area contributed by atoms with Crippen molar-refractivity contribution in [2.45, 2.75) is 12.3 Å². The zero-order valence-corrected chi connectivity index (χ0v) is 5.58. The number of ether oxygens (including phenoxy) is 1. The van der Waals surface area contributed by atoms with E-state index in [4.69, 9.17) is 16.2 Å². The average Bonchev–Trinajstić information content (AvgIpc) is 1.83. The Kier molecular flexibility index (Phi) is 2.02. The maximum absolute atomic E-state index is 5.59. The molecule has 0 radical (unpaired) electrons. The highest BCUT2D eigenvalue weighted by atomic mass is 16.5. The third-order valence-electron chi connectivity index (χ3n) is 1.62. The van der Waals surface area contributed by atoms with Gasteiger partial charge in [0.1, 0.15) is 0 Å². The van der Waals surface area contributed by atoms with E-state index in [1.807, 2.05) is 11.9 Å². The van der Waals surface area contributed by atoms with Crippen molar-refractivity contribution in [3.63, 3.8) is 0 Å². The molecule has 2 unspecified atom stereocenters. The predicted molar refractivity (Wildman–Crippen MR) is 34.5 cm³/mol. The number of morpholine rings is 1. The van der Waals surface area contributed by atoms with E-state index in [9.17, 15) is 0 Å². The molecule has 54 valence electrons. The van der Waals surface area contributed by atoms with Gasteiger partial charge in [-0.05, 0) is 7.05 Å². The lowest BCUT2D eigenvalue weighted by atomic mass is 10.3. The normalized spacial score (nSPS) is 39.0. The maximum atomic E-state index is 5.59. The zero-order valence-electron chi connectivity index (χ0n) is 5.58. The molecule has 1 aliphatic rings. The minimum Gasteiger partial charge on any atom is -0.375 e. The molecule has 4 heteroatoms. The van der Waals surface area contributed by atoms with Crippen molar-refractivity contribution >= 4 is 0 Å². The maximum Gasteiger partial charge on any atom is 0.0823 e. The summed E-state index contributed by atoms with van der Waals surface area (Å²) < 4.78 is 5.07. The minimum absolute atomic E-state index is 0.0336. The van der Waals surface area contributed by atoms with E-state index in [-0.39, 0.29) is 12.3 Å². The van der Waals surface area contributed by atoms with E-state index in [0.29, 0.717) is 13.2 Å². The third-order valence-corrected chi connectivity index (χ3v) is 1.62. The molecule has 1 saturated heterocycles. The van der Waals surface area contributed by atoms with E-state index in [2.05, 4.69) is 0 Å². The van der Waals surface area contributed by atoms with Crippen LogP contribution in [0.2, 0.25) is 0 Å². The molecule has 0 aromatic rings. The quantitative estimate of drug-likeness (QED) is 0.421. The first-order valence-corrected chi connectivity index (χ1v) is 3.02. The number of likely N-dealkylation sites (N-methyl/N-ethyl adjacent to an activating group) is 1. The van der Waals surface area contributed by atoms with Gasteiger partial charge in [-0.1, -0.05) is 0 Å². The Balaban J connectivity index is 2.41. The molecular weight excluding hydrogens is 118 g/mol. The fourth-order valence-electron chi connectivity index (χ4n) is 0.791. The molecule has 0 spiro atoms. The van der Waals surface area contributed by atoms with E-state index in [0.717, 1.165) is 0 Å². The molecule has 4 nitrogen and oxygen atoms in total. The summed E-state index contributed by atoms with van der Waals surface area (Å²) in [5, 5.41) is 0. The van der Waals surface area contributed by atoms with Gasteiger partial charge in [0.05, 0.1) is 25.5 Å². The highest BCUT2D eigenvalue weighted by Crippen LogP contribution is 2.01. The predicted octanol–water partition coefficient (Wildman–Crippen LogP) is -1.48. The van der Waals surface area contributed by atoms with Crippen molar-refractivity contribution in [1.82, 2.24) is 4.90 Å². The molecule has 2 atom stereocenters. The molecule has 0 aliphatic carbocycles. The SMILES string of the molecule is CN1C(N)COCC1N. The smallest absolute Gasteiger partial charge is 0.0823 e. The topological polar surface area (TPSA) is 64.5 Å². The summed E-state index contributed by atoms with van der Waals surface area (Å²) in [6.07, 6.45) is -0.0671. The average molecular weight is 131 g/mol. The summed E-state index contributed by atoms with van der Waals surface area (Å²) in [5.74, 6) is 0. The summed E-state index contributed by atoms with van der Waals surface area (Å²) in [5.41, 5.74) is 11.2. The van der Waals surface area contributed by atoms with Crippen LogP contribution in [0.5, 0.6) is 0 Å². The molecular formula is C5H13N3O. The largest absolute Gasteiger partial charge is 0.375 e. The third kappa shape index (κ3) is 1.40. The number of hydrogen-bond donors (Lipinski definition) is 2. The number of hydrogen-bond acceptors (Lipinski definition) is 4. The van der Waals surface area contributed by atoms with Crippen LogP contribution < -0.4 is 11.5 Å². The van der Waals surface area contributed by atoms with Crippen molar-refractivity contribution in [2.24, 2.45) is 11.5 Å². The molecule has 0 bridgehead atoms. The Bertz CT molecular complexity index is 88.2. The summed E-state index contributed by atoms with van der Waals surface area (Å²) in [4.78, 5) is 1.91. The molecule has 1 heterocycles. The fourth-order valence-corrected chi connectivity index (χ4v) is 0.791. The lowest BCUT2D eigenvalue weighted by Crippen LogP contribution is -2.57. The van der Waals surface area contributed by atoms with E-state index >= 15 is 0 Å². The highest BCUT2D eigenvalue weighted by Gasteiger charge is 2.21. The molecule has 1 aliphatic heterocycles. The summed E-state index contributed by atoms with van der Waals surface area (Å²) >= 11 is 0. The molecule has 9 heavy (non-hydrogen) atoms. The number of nitrogens with zero attached hydrogens (tertiary/aromatic N) is 1. The van der Waals surface area contributed by atoms with Crippen LogP contribution in [0.4, 0.5) is 0 Å². The highest BCUT2D eigenvalue weighted by molar-refractivity contribution is 4.71. The second-order valence-electron chi connectivity index (χ2n) is 2.34. The van der Waals surface area contributed by atoms with Crippen LogP contribution in [-0.4, -0.2) is 37.5 Å². The van der Waals surface area contributed by atoms with Crippen LogP contribution >= 0.6 is 0 Å². The van der Waals surface area contributed by atoms with Crippen molar-refractivity contribution in [1.29, 1.82) is 0 Å². The van der Waals surface area contributed by atoms with Crippen LogP contribution in [0.3, 0.4) is 0 Å². The van der Waals surface area contributed by atoms with Gasteiger partial charge in [0.2, 0.25) is 0 Å². The molecule has 0 saturated carbocycles. The van der Waals surface area contributed by atoms with E-state index in [1.165, 1.54) is 0 Å². The van der Waals surface area contributed by atoms with Gasteiger partial charge in [-0.15, -0.1) is 0 Å². The monoisotopic (exact) mass is 131 g/mol. The van der Waals surface area contributed by atoms with Crippen LogP contribution in [0.15, 0.2) is 0 Å². The van der Waals surface area contributed by atoms with Gasteiger partial charge in [-0.3, -0.25) is 4.90 Å². The zero-order chi connectivity index (χ0) is 6.85. The van der Waals surface area contributed by atoms with Crippen LogP contribution in [-0.2, 0) is 4.74 Å². The minimum atomic E-state index is -0.0336. The van der Waals surface area contributed by atoms with Crippen molar-refractivity contribution in [3.05, 3.63) is 0 Å². The van der Waals surface area contributed by atoms with Crippen LogP contribution in [0.1, 0.15) is 0 Å². The Morgan fingerprint density at radius 1 is 1.33 bits per heavy atom. The Hall–Kier alpha value is -0.160.